The lowest BCUT2D eigenvalue weighted by Gasteiger charge is -2.64. The van der Waals surface area contributed by atoms with Gasteiger partial charge in [0, 0.05) is 12.8 Å². The number of benzene rings is 1. The monoisotopic (exact) mass is 472 g/mol. The second-order valence-corrected chi connectivity index (χ2v) is 10.3. The van der Waals surface area contributed by atoms with Gasteiger partial charge in [-0.3, -0.25) is 4.79 Å². The van der Waals surface area contributed by atoms with Crippen molar-refractivity contribution in [1.29, 1.82) is 5.26 Å². The van der Waals surface area contributed by atoms with Crippen molar-refractivity contribution in [2.75, 3.05) is 7.11 Å². The summed E-state index contributed by atoms with van der Waals surface area (Å²) in [6, 6.07) is 4.47. The Labute approximate surface area is 198 Å². The summed E-state index contributed by atoms with van der Waals surface area (Å²) in [4.78, 5) is 24.2. The third-order valence-electron chi connectivity index (χ3n) is 8.15. The van der Waals surface area contributed by atoms with Crippen LogP contribution >= 0.6 is 0 Å². The molecular formula is C24H30BFN2O6. The van der Waals surface area contributed by atoms with Gasteiger partial charge < -0.3 is 24.5 Å². The predicted octanol–water partition coefficient (Wildman–Crippen LogP) is 3.13. The van der Waals surface area contributed by atoms with Gasteiger partial charge in [-0.25, -0.2) is 9.18 Å². The van der Waals surface area contributed by atoms with Crippen molar-refractivity contribution in [3.8, 4) is 11.8 Å². The Balaban J connectivity index is 1.63. The van der Waals surface area contributed by atoms with Crippen LogP contribution in [-0.4, -0.2) is 48.9 Å². The van der Waals surface area contributed by atoms with Gasteiger partial charge in [-0.1, -0.05) is 19.9 Å². The minimum atomic E-state index is -1.44. The smallest absolute Gasteiger partial charge is 0.482 e. The zero-order chi connectivity index (χ0) is 24.8. The maximum Gasteiger partial charge on any atom is 0.482 e. The number of rotatable bonds is 8. The van der Waals surface area contributed by atoms with Crippen molar-refractivity contribution in [2.45, 2.75) is 70.5 Å². The van der Waals surface area contributed by atoms with Gasteiger partial charge in [-0.2, -0.15) is 5.26 Å². The summed E-state index contributed by atoms with van der Waals surface area (Å²) in [7, 11) is 0.498. The second kappa shape index (κ2) is 8.86. The summed E-state index contributed by atoms with van der Waals surface area (Å²) >= 11 is 0. The van der Waals surface area contributed by atoms with E-state index in [1.54, 1.807) is 0 Å². The van der Waals surface area contributed by atoms with E-state index < -0.39 is 36.0 Å². The lowest BCUT2D eigenvalue weighted by Crippen LogP contribution is -2.65. The van der Waals surface area contributed by atoms with Crippen LogP contribution in [0.15, 0.2) is 12.1 Å². The number of carboxylic acid groups (broad SMARTS) is 1. The Hall–Kier alpha value is -2.64. The van der Waals surface area contributed by atoms with Crippen molar-refractivity contribution in [3.63, 3.8) is 0 Å². The molecule has 5 atom stereocenters. The molecule has 1 heterocycles. The Morgan fingerprint density at radius 1 is 1.38 bits per heavy atom. The van der Waals surface area contributed by atoms with Crippen LogP contribution in [0.25, 0.3) is 0 Å². The van der Waals surface area contributed by atoms with Gasteiger partial charge in [0.15, 0.2) is 0 Å². The number of hydrogen-bond donors (Lipinski definition) is 2. The summed E-state index contributed by atoms with van der Waals surface area (Å²) in [6.45, 7) is 6.57. The van der Waals surface area contributed by atoms with E-state index in [1.807, 2.05) is 6.07 Å². The zero-order valence-electron chi connectivity index (χ0n) is 19.9. The molecule has 5 unspecified atom stereocenters. The second-order valence-electron chi connectivity index (χ2n) is 10.3. The summed E-state index contributed by atoms with van der Waals surface area (Å²) in [5.74, 6) is -2.61. The number of nitrogens with zero attached hydrogens (tertiary/aromatic N) is 1. The summed E-state index contributed by atoms with van der Waals surface area (Å²) in [5.41, 5.74) is -0.516. The van der Waals surface area contributed by atoms with Crippen LogP contribution in [0.5, 0.6) is 5.75 Å². The van der Waals surface area contributed by atoms with Gasteiger partial charge in [0.05, 0.1) is 30.8 Å². The summed E-state index contributed by atoms with van der Waals surface area (Å²) in [6.07, 6.45) is 2.01. The first-order chi connectivity index (χ1) is 16.0. The third kappa shape index (κ3) is 3.95. The van der Waals surface area contributed by atoms with Crippen molar-refractivity contribution in [2.24, 2.45) is 17.3 Å². The van der Waals surface area contributed by atoms with Crippen LogP contribution in [0.2, 0.25) is 0 Å². The average Bonchev–Trinajstić information content (AvgIpc) is 3.14. The number of nitrogens with one attached hydrogen (secondary N) is 1. The normalized spacial score (nSPS) is 29.4. The van der Waals surface area contributed by atoms with Gasteiger partial charge in [0.2, 0.25) is 5.91 Å². The topological polar surface area (TPSA) is 118 Å². The Bertz CT molecular complexity index is 1040. The first-order valence-corrected chi connectivity index (χ1v) is 11.6. The molecule has 4 fully saturated rings. The number of ether oxygens (including phenoxy) is 1. The maximum absolute atomic E-state index is 14.2. The highest BCUT2D eigenvalue weighted by molar-refractivity contribution is 6.48. The molecule has 1 aromatic rings. The van der Waals surface area contributed by atoms with Crippen molar-refractivity contribution < 1.29 is 33.1 Å². The molecular weight excluding hydrogens is 442 g/mol. The molecule has 1 saturated heterocycles. The Morgan fingerprint density at radius 3 is 2.74 bits per heavy atom. The van der Waals surface area contributed by atoms with Crippen molar-refractivity contribution in [1.82, 2.24) is 5.32 Å². The number of carboxylic acids is 1. The highest BCUT2D eigenvalue weighted by Crippen LogP contribution is 2.65. The van der Waals surface area contributed by atoms with E-state index in [1.165, 1.54) is 13.2 Å². The van der Waals surface area contributed by atoms with Crippen LogP contribution in [-0.2, 0) is 20.5 Å². The van der Waals surface area contributed by atoms with Gasteiger partial charge in [-0.15, -0.1) is 0 Å². The van der Waals surface area contributed by atoms with Crippen LogP contribution in [0.1, 0.15) is 62.4 Å². The van der Waals surface area contributed by atoms with Crippen LogP contribution in [0, 0.1) is 34.4 Å². The molecule has 0 aromatic heterocycles. The molecule has 0 spiro atoms. The molecule has 10 heteroatoms. The molecule has 2 bridgehead atoms. The largest absolute Gasteiger partial charge is 0.495 e. The standard InChI is InChI=1S/C24H30BFN2O6/c1-23(2)14-11-16(23)24(3)17(12-14)33-25(34-24)18(28-19(29)6-5-9-27)10-13-7-8-15(26)20(22(30)31)21(13)32-4/h7-8,14,16-18H,5-6,10-12H2,1-4H3,(H,28,29)(H,30,31). The SMILES string of the molecule is COc1c(CC(NC(=O)CCC#N)B2OC3CC4CC(C4(C)C)C3(C)O2)ccc(F)c1C(=O)O. The van der Waals surface area contributed by atoms with Crippen LogP contribution < -0.4 is 10.1 Å². The van der Waals surface area contributed by atoms with Crippen LogP contribution in [0.4, 0.5) is 4.39 Å². The van der Waals surface area contributed by atoms with Gasteiger partial charge >= 0.3 is 13.1 Å². The zero-order valence-corrected chi connectivity index (χ0v) is 19.9. The number of carbonyl (C=O) groups excluding carboxylic acids is 1. The molecule has 5 rings (SSSR count). The molecule has 0 radical (unpaired) electrons. The number of carbonyl (C=O) groups is 2. The number of nitriles is 1. The lowest BCUT2D eigenvalue weighted by molar-refractivity contribution is -0.199. The lowest BCUT2D eigenvalue weighted by atomic mass is 9.43. The van der Waals surface area contributed by atoms with Crippen LogP contribution in [0.3, 0.4) is 0 Å². The van der Waals surface area contributed by atoms with Gasteiger partial charge in [0.1, 0.15) is 17.1 Å². The summed E-state index contributed by atoms with van der Waals surface area (Å²) in [5, 5.41) is 21.2. The number of aromatic carboxylic acids is 1. The molecule has 182 valence electrons. The van der Waals surface area contributed by atoms with Gasteiger partial charge in [-0.05, 0) is 55.1 Å². The van der Waals surface area contributed by atoms with E-state index in [0.717, 1.165) is 18.9 Å². The van der Waals surface area contributed by atoms with E-state index in [2.05, 4.69) is 26.1 Å². The van der Waals surface area contributed by atoms with E-state index in [0.29, 0.717) is 17.4 Å². The van der Waals surface area contributed by atoms with E-state index in [-0.39, 0.29) is 42.4 Å². The molecule has 2 N–H and O–H groups in total. The average molecular weight is 472 g/mol. The Kier molecular flexibility index (Phi) is 6.38. The quantitative estimate of drug-likeness (QED) is 0.558. The first-order valence-electron chi connectivity index (χ1n) is 11.6. The summed E-state index contributed by atoms with van der Waals surface area (Å²) < 4.78 is 32.3. The number of hydrogen-bond acceptors (Lipinski definition) is 6. The third-order valence-corrected chi connectivity index (χ3v) is 8.15. The van der Waals surface area contributed by atoms with E-state index >= 15 is 0 Å². The molecule has 1 aliphatic heterocycles. The minimum absolute atomic E-state index is 0.0130. The number of halogens is 1. The molecule has 3 aliphatic carbocycles. The molecule has 4 aliphatic rings. The highest BCUT2D eigenvalue weighted by atomic mass is 19.1. The molecule has 8 nitrogen and oxygen atoms in total. The molecule has 1 aromatic carbocycles. The molecule has 3 saturated carbocycles. The number of methoxy groups -OCH3 is 1. The Morgan fingerprint density at radius 2 is 2.12 bits per heavy atom. The minimum Gasteiger partial charge on any atom is -0.495 e. The predicted molar refractivity (Wildman–Crippen MR) is 121 cm³/mol. The van der Waals surface area contributed by atoms with Gasteiger partial charge in [0.25, 0.3) is 0 Å². The number of amides is 1. The molecule has 34 heavy (non-hydrogen) atoms. The fourth-order valence-corrected chi connectivity index (χ4v) is 6.17. The van der Waals surface area contributed by atoms with E-state index in [4.69, 9.17) is 19.3 Å². The van der Waals surface area contributed by atoms with Crippen molar-refractivity contribution in [3.05, 3.63) is 29.1 Å². The molecule has 1 amide bonds. The fourth-order valence-electron chi connectivity index (χ4n) is 6.17. The highest BCUT2D eigenvalue weighted by Gasteiger charge is 2.68. The van der Waals surface area contributed by atoms with E-state index in [9.17, 15) is 19.1 Å². The first kappa shape index (κ1) is 24.5. The van der Waals surface area contributed by atoms with Crippen molar-refractivity contribution >= 4 is 19.0 Å². The fraction of sp³-hybridized carbons (Fsp3) is 0.625. The maximum atomic E-state index is 14.2.